The number of ether oxygens (including phenoxy) is 1. The predicted molar refractivity (Wildman–Crippen MR) is 68.5 cm³/mol. The normalized spacial score (nSPS) is 22.1. The first-order chi connectivity index (χ1) is 8.00. The van der Waals surface area contributed by atoms with Gasteiger partial charge in [0, 0.05) is 11.3 Å². The zero-order valence-corrected chi connectivity index (χ0v) is 11.0. The van der Waals surface area contributed by atoms with E-state index in [1.165, 1.54) is 5.56 Å². The topological polar surface area (TPSA) is 26.3 Å². The summed E-state index contributed by atoms with van der Waals surface area (Å²) < 4.78 is 5.25. The van der Waals surface area contributed by atoms with E-state index in [0.29, 0.717) is 5.78 Å². The number of hydrogen-bond donors (Lipinski definition) is 0. The van der Waals surface area contributed by atoms with Crippen LogP contribution in [0.3, 0.4) is 0 Å². The zero-order chi connectivity index (χ0) is 12.6. The Hall–Kier alpha value is -1.31. The van der Waals surface area contributed by atoms with Crippen molar-refractivity contribution in [3.8, 4) is 5.75 Å². The van der Waals surface area contributed by atoms with Gasteiger partial charge >= 0.3 is 0 Å². The lowest BCUT2D eigenvalue weighted by Gasteiger charge is -2.35. The van der Waals surface area contributed by atoms with Crippen molar-refractivity contribution in [3.05, 3.63) is 29.3 Å². The monoisotopic (exact) mass is 232 g/mol. The molecule has 1 unspecified atom stereocenters. The van der Waals surface area contributed by atoms with E-state index in [-0.39, 0.29) is 11.3 Å². The van der Waals surface area contributed by atoms with Crippen molar-refractivity contribution in [2.45, 2.75) is 39.0 Å². The Morgan fingerprint density at radius 1 is 1.41 bits per heavy atom. The second-order valence-corrected chi connectivity index (χ2v) is 5.32. The van der Waals surface area contributed by atoms with Crippen LogP contribution in [-0.4, -0.2) is 12.9 Å². The summed E-state index contributed by atoms with van der Waals surface area (Å²) in [4.78, 5) is 12.4. The molecule has 1 aromatic rings. The molecular weight excluding hydrogens is 212 g/mol. The van der Waals surface area contributed by atoms with Gasteiger partial charge in [-0.25, -0.2) is 0 Å². The summed E-state index contributed by atoms with van der Waals surface area (Å²) in [5.41, 5.74) is 2.04. The zero-order valence-electron chi connectivity index (χ0n) is 11.0. The quantitative estimate of drug-likeness (QED) is 0.783. The van der Waals surface area contributed by atoms with Crippen LogP contribution < -0.4 is 4.74 Å². The number of fused-ring (bicyclic) bond motifs is 1. The fraction of sp³-hybridized carbons (Fsp3) is 0.533. The fourth-order valence-corrected chi connectivity index (χ4v) is 2.77. The van der Waals surface area contributed by atoms with Gasteiger partial charge in [0.15, 0.2) is 0 Å². The van der Waals surface area contributed by atoms with Crippen molar-refractivity contribution < 1.29 is 9.53 Å². The van der Waals surface area contributed by atoms with E-state index in [0.717, 1.165) is 24.2 Å². The lowest BCUT2D eigenvalue weighted by Crippen LogP contribution is -2.40. The molecule has 1 aliphatic carbocycles. The van der Waals surface area contributed by atoms with Gasteiger partial charge in [-0.1, -0.05) is 13.0 Å². The van der Waals surface area contributed by atoms with Crippen molar-refractivity contribution in [2.75, 3.05) is 7.11 Å². The third-order valence-corrected chi connectivity index (χ3v) is 3.94. The molecule has 2 heteroatoms. The van der Waals surface area contributed by atoms with Gasteiger partial charge in [0.2, 0.25) is 0 Å². The van der Waals surface area contributed by atoms with Crippen molar-refractivity contribution in [1.82, 2.24) is 0 Å². The molecule has 1 aromatic carbocycles. The number of carbonyl (C=O) groups excluding carboxylic acids is 1. The Morgan fingerprint density at radius 2 is 2.12 bits per heavy atom. The maximum atomic E-state index is 12.4. The SMILES string of the molecule is CCC1Cc2ccc(OC)cc2C(C)(C)C1=O. The number of carbonyl (C=O) groups is 1. The van der Waals surface area contributed by atoms with Crippen LogP contribution in [0, 0.1) is 5.92 Å². The van der Waals surface area contributed by atoms with Crippen LogP contribution in [0.15, 0.2) is 18.2 Å². The van der Waals surface area contributed by atoms with Crippen LogP contribution in [0.25, 0.3) is 0 Å². The van der Waals surface area contributed by atoms with E-state index < -0.39 is 0 Å². The van der Waals surface area contributed by atoms with Gasteiger partial charge in [-0.2, -0.15) is 0 Å². The van der Waals surface area contributed by atoms with Crippen LogP contribution in [0.2, 0.25) is 0 Å². The van der Waals surface area contributed by atoms with Gasteiger partial charge in [-0.05, 0) is 49.9 Å². The summed E-state index contributed by atoms with van der Waals surface area (Å²) in [6.07, 6.45) is 1.80. The molecule has 2 rings (SSSR count). The first-order valence-electron chi connectivity index (χ1n) is 6.22. The highest BCUT2D eigenvalue weighted by molar-refractivity contribution is 5.93. The first kappa shape index (κ1) is 12.2. The largest absolute Gasteiger partial charge is 0.497 e. The van der Waals surface area contributed by atoms with Gasteiger partial charge in [-0.15, -0.1) is 0 Å². The van der Waals surface area contributed by atoms with Gasteiger partial charge in [0.1, 0.15) is 11.5 Å². The van der Waals surface area contributed by atoms with E-state index in [9.17, 15) is 4.79 Å². The van der Waals surface area contributed by atoms with Crippen molar-refractivity contribution >= 4 is 5.78 Å². The first-order valence-corrected chi connectivity index (χ1v) is 6.22. The fourth-order valence-electron chi connectivity index (χ4n) is 2.77. The molecule has 0 amide bonds. The highest BCUT2D eigenvalue weighted by Gasteiger charge is 2.40. The number of methoxy groups -OCH3 is 1. The second-order valence-electron chi connectivity index (χ2n) is 5.32. The molecule has 2 nitrogen and oxygen atoms in total. The summed E-state index contributed by atoms with van der Waals surface area (Å²) in [5, 5.41) is 0. The van der Waals surface area contributed by atoms with E-state index in [2.05, 4.69) is 13.0 Å². The average molecular weight is 232 g/mol. The Morgan fingerprint density at radius 3 is 2.71 bits per heavy atom. The molecule has 0 aromatic heterocycles. The maximum Gasteiger partial charge on any atom is 0.146 e. The van der Waals surface area contributed by atoms with E-state index in [1.807, 2.05) is 26.0 Å². The summed E-state index contributed by atoms with van der Waals surface area (Å²) in [6, 6.07) is 6.10. The van der Waals surface area contributed by atoms with Gasteiger partial charge in [-0.3, -0.25) is 4.79 Å². The molecule has 0 bridgehead atoms. The molecule has 0 saturated carbocycles. The lowest BCUT2D eigenvalue weighted by atomic mass is 9.67. The smallest absolute Gasteiger partial charge is 0.146 e. The van der Waals surface area contributed by atoms with E-state index >= 15 is 0 Å². The maximum absolute atomic E-state index is 12.4. The second kappa shape index (κ2) is 4.17. The van der Waals surface area contributed by atoms with Gasteiger partial charge in [0.25, 0.3) is 0 Å². The average Bonchev–Trinajstić information content (AvgIpc) is 2.33. The van der Waals surface area contributed by atoms with Crippen molar-refractivity contribution in [3.63, 3.8) is 0 Å². The summed E-state index contributed by atoms with van der Waals surface area (Å²) in [6.45, 7) is 6.14. The van der Waals surface area contributed by atoms with Gasteiger partial charge in [0.05, 0.1) is 7.11 Å². The lowest BCUT2D eigenvalue weighted by molar-refractivity contribution is -0.128. The highest BCUT2D eigenvalue weighted by atomic mass is 16.5. The molecule has 1 aliphatic rings. The number of hydrogen-bond acceptors (Lipinski definition) is 2. The third kappa shape index (κ3) is 1.86. The molecule has 0 N–H and O–H groups in total. The number of ketones is 1. The molecule has 0 aliphatic heterocycles. The Balaban J connectivity index is 2.53. The molecular formula is C15H20O2. The highest BCUT2D eigenvalue weighted by Crippen LogP contribution is 2.39. The molecule has 0 heterocycles. The Bertz CT molecular complexity index is 446. The number of Topliss-reactive ketones (excluding diaryl/α,β-unsaturated/α-hetero) is 1. The minimum Gasteiger partial charge on any atom is -0.497 e. The Kier molecular flexibility index (Phi) is 2.98. The van der Waals surface area contributed by atoms with Crippen LogP contribution in [0.4, 0.5) is 0 Å². The minimum absolute atomic E-state index is 0.172. The molecule has 17 heavy (non-hydrogen) atoms. The molecule has 0 radical (unpaired) electrons. The molecule has 1 atom stereocenters. The number of rotatable bonds is 2. The third-order valence-electron chi connectivity index (χ3n) is 3.94. The molecule has 0 spiro atoms. The summed E-state index contributed by atoms with van der Waals surface area (Å²) in [5.74, 6) is 1.37. The standard InChI is InChI=1S/C15H20O2/c1-5-10-8-11-6-7-12(17-4)9-13(11)15(2,3)14(10)16/h6-7,9-10H,5,8H2,1-4H3. The van der Waals surface area contributed by atoms with Crippen LogP contribution in [0.5, 0.6) is 5.75 Å². The van der Waals surface area contributed by atoms with Crippen molar-refractivity contribution in [1.29, 1.82) is 0 Å². The minimum atomic E-state index is -0.386. The molecule has 0 saturated heterocycles. The number of benzene rings is 1. The summed E-state index contributed by atoms with van der Waals surface area (Å²) >= 11 is 0. The Labute approximate surface area is 103 Å². The van der Waals surface area contributed by atoms with Crippen LogP contribution in [0.1, 0.15) is 38.3 Å². The predicted octanol–water partition coefficient (Wildman–Crippen LogP) is 3.12. The van der Waals surface area contributed by atoms with E-state index in [4.69, 9.17) is 4.74 Å². The van der Waals surface area contributed by atoms with Gasteiger partial charge < -0.3 is 4.74 Å². The summed E-state index contributed by atoms with van der Waals surface area (Å²) in [7, 11) is 1.66. The molecule has 0 fully saturated rings. The molecule has 92 valence electrons. The van der Waals surface area contributed by atoms with Crippen LogP contribution in [-0.2, 0) is 16.6 Å². The van der Waals surface area contributed by atoms with E-state index in [1.54, 1.807) is 7.11 Å². The van der Waals surface area contributed by atoms with Crippen molar-refractivity contribution in [2.24, 2.45) is 5.92 Å². The van der Waals surface area contributed by atoms with Crippen LogP contribution >= 0.6 is 0 Å².